The quantitative estimate of drug-likeness (QED) is 0.573. The molecular weight excluding hydrogens is 394 g/mol. The van der Waals surface area contributed by atoms with E-state index in [1.165, 1.54) is 0 Å². The second-order valence-electron chi connectivity index (χ2n) is 8.66. The fourth-order valence-corrected chi connectivity index (χ4v) is 4.06. The number of imide groups is 1. The minimum atomic E-state index is -1.23. The van der Waals surface area contributed by atoms with Crippen molar-refractivity contribution in [3.8, 4) is 0 Å². The standard InChI is InChI=1S/C24H25N3O4/c1-13(2)15-5-8-17(9-6-15)24(4)22(30)27(23(31)26-24)12-20(28)16-7-10-19-18(11-16)14(3)21(29)25-19/h5-11,13-14H,12H2,1-4H3,(H,25,29)(H,26,31)/t14-,24-/m1/s1. The van der Waals surface area contributed by atoms with Crippen LogP contribution in [0.2, 0.25) is 0 Å². The van der Waals surface area contributed by atoms with Crippen LogP contribution >= 0.6 is 0 Å². The van der Waals surface area contributed by atoms with Crippen molar-refractivity contribution in [2.24, 2.45) is 0 Å². The van der Waals surface area contributed by atoms with Crippen LogP contribution in [0.4, 0.5) is 10.5 Å². The van der Waals surface area contributed by atoms with Gasteiger partial charge >= 0.3 is 6.03 Å². The predicted octanol–water partition coefficient (Wildman–Crippen LogP) is 3.52. The maximum absolute atomic E-state index is 13.1. The Morgan fingerprint density at radius 3 is 2.42 bits per heavy atom. The number of anilines is 1. The summed E-state index contributed by atoms with van der Waals surface area (Å²) in [5.41, 5.74) is 2.36. The van der Waals surface area contributed by atoms with E-state index in [9.17, 15) is 19.2 Å². The average Bonchev–Trinajstić information content (AvgIpc) is 3.15. The molecule has 4 amide bonds. The molecule has 0 aromatic heterocycles. The molecule has 1 fully saturated rings. The second kappa shape index (κ2) is 7.34. The highest BCUT2D eigenvalue weighted by molar-refractivity contribution is 6.11. The monoisotopic (exact) mass is 419 g/mol. The van der Waals surface area contributed by atoms with Crippen LogP contribution in [0, 0.1) is 0 Å². The first kappa shape index (κ1) is 20.8. The van der Waals surface area contributed by atoms with E-state index in [1.807, 2.05) is 24.3 Å². The van der Waals surface area contributed by atoms with Crippen LogP contribution in [-0.2, 0) is 15.1 Å². The van der Waals surface area contributed by atoms with Crippen LogP contribution in [0.25, 0.3) is 0 Å². The molecule has 2 heterocycles. The molecule has 2 aliphatic heterocycles. The Labute approximate surface area is 180 Å². The molecule has 0 bridgehead atoms. The molecule has 2 aromatic carbocycles. The molecule has 0 radical (unpaired) electrons. The van der Waals surface area contributed by atoms with Crippen molar-refractivity contribution >= 4 is 29.3 Å². The molecule has 2 aromatic rings. The van der Waals surface area contributed by atoms with Gasteiger partial charge in [0, 0.05) is 11.3 Å². The van der Waals surface area contributed by atoms with Gasteiger partial charge in [-0.3, -0.25) is 19.3 Å². The van der Waals surface area contributed by atoms with Crippen molar-refractivity contribution in [1.82, 2.24) is 10.2 Å². The van der Waals surface area contributed by atoms with Crippen molar-refractivity contribution in [3.05, 3.63) is 64.7 Å². The summed E-state index contributed by atoms with van der Waals surface area (Å²) in [6.45, 7) is 7.22. The molecule has 1 saturated heterocycles. The number of nitrogens with one attached hydrogen (secondary N) is 2. The van der Waals surface area contributed by atoms with Gasteiger partial charge in [-0.05, 0) is 54.7 Å². The summed E-state index contributed by atoms with van der Waals surface area (Å²) < 4.78 is 0. The number of benzene rings is 2. The molecule has 2 N–H and O–H groups in total. The Kier molecular flexibility index (Phi) is 4.92. The summed E-state index contributed by atoms with van der Waals surface area (Å²) in [5.74, 6) is -0.943. The molecule has 7 heteroatoms. The first-order valence-corrected chi connectivity index (χ1v) is 10.3. The Bertz CT molecular complexity index is 1110. The molecule has 31 heavy (non-hydrogen) atoms. The molecule has 0 spiro atoms. The number of nitrogens with zero attached hydrogens (tertiary/aromatic N) is 1. The maximum atomic E-state index is 13.1. The molecule has 4 rings (SSSR count). The van der Waals surface area contributed by atoms with Crippen LogP contribution in [0.5, 0.6) is 0 Å². The minimum Gasteiger partial charge on any atom is -0.325 e. The first-order valence-electron chi connectivity index (χ1n) is 10.3. The van der Waals surface area contributed by atoms with Crippen LogP contribution in [0.15, 0.2) is 42.5 Å². The number of urea groups is 1. The number of rotatable bonds is 5. The van der Waals surface area contributed by atoms with E-state index in [1.54, 1.807) is 32.0 Å². The van der Waals surface area contributed by atoms with Gasteiger partial charge in [-0.1, -0.05) is 38.1 Å². The number of hydrogen-bond donors (Lipinski definition) is 2. The van der Waals surface area contributed by atoms with Gasteiger partial charge in [0.2, 0.25) is 5.91 Å². The van der Waals surface area contributed by atoms with Crippen molar-refractivity contribution < 1.29 is 19.2 Å². The van der Waals surface area contributed by atoms with Crippen LogP contribution in [-0.4, -0.2) is 35.1 Å². The van der Waals surface area contributed by atoms with Gasteiger partial charge < -0.3 is 10.6 Å². The molecule has 7 nitrogen and oxygen atoms in total. The lowest BCUT2D eigenvalue weighted by Gasteiger charge is -2.22. The number of carbonyl (C=O) groups is 4. The van der Waals surface area contributed by atoms with E-state index in [2.05, 4.69) is 24.5 Å². The zero-order chi connectivity index (χ0) is 22.5. The van der Waals surface area contributed by atoms with Gasteiger partial charge in [0.05, 0.1) is 12.5 Å². The third kappa shape index (κ3) is 3.40. The maximum Gasteiger partial charge on any atom is 0.325 e. The molecule has 2 aliphatic rings. The van der Waals surface area contributed by atoms with Crippen molar-refractivity contribution in [3.63, 3.8) is 0 Å². The van der Waals surface area contributed by atoms with Crippen LogP contribution in [0.1, 0.15) is 66.6 Å². The van der Waals surface area contributed by atoms with E-state index in [-0.39, 0.29) is 24.2 Å². The zero-order valence-electron chi connectivity index (χ0n) is 18.0. The minimum absolute atomic E-state index is 0.118. The molecule has 160 valence electrons. The summed E-state index contributed by atoms with van der Waals surface area (Å²) in [6, 6.07) is 11.9. The lowest BCUT2D eigenvalue weighted by Crippen LogP contribution is -2.41. The van der Waals surface area contributed by atoms with Crippen LogP contribution < -0.4 is 10.6 Å². The van der Waals surface area contributed by atoms with Crippen molar-refractivity contribution in [1.29, 1.82) is 0 Å². The lowest BCUT2D eigenvalue weighted by molar-refractivity contribution is -0.130. The highest BCUT2D eigenvalue weighted by Crippen LogP contribution is 2.33. The van der Waals surface area contributed by atoms with Gasteiger partial charge in [0.1, 0.15) is 5.54 Å². The van der Waals surface area contributed by atoms with E-state index in [0.29, 0.717) is 22.7 Å². The zero-order valence-corrected chi connectivity index (χ0v) is 18.0. The summed E-state index contributed by atoms with van der Waals surface area (Å²) >= 11 is 0. The third-order valence-electron chi connectivity index (χ3n) is 6.22. The molecule has 0 unspecified atom stereocenters. The Balaban J connectivity index is 1.55. The summed E-state index contributed by atoms with van der Waals surface area (Å²) in [7, 11) is 0. The fourth-order valence-electron chi connectivity index (χ4n) is 4.06. The topological polar surface area (TPSA) is 95.6 Å². The Hall–Kier alpha value is -3.48. The van der Waals surface area contributed by atoms with E-state index in [4.69, 9.17) is 0 Å². The van der Waals surface area contributed by atoms with Gasteiger partial charge in [0.15, 0.2) is 5.78 Å². The third-order valence-corrected chi connectivity index (χ3v) is 6.22. The van der Waals surface area contributed by atoms with Crippen molar-refractivity contribution in [2.45, 2.75) is 45.1 Å². The van der Waals surface area contributed by atoms with E-state index >= 15 is 0 Å². The molecule has 0 saturated carbocycles. The highest BCUT2D eigenvalue weighted by Gasteiger charge is 2.49. The van der Waals surface area contributed by atoms with Crippen molar-refractivity contribution in [2.75, 3.05) is 11.9 Å². The summed E-state index contributed by atoms with van der Waals surface area (Å²) in [6.07, 6.45) is 0. The first-order chi connectivity index (χ1) is 14.6. The average molecular weight is 419 g/mol. The SMILES string of the molecule is CC(C)c1ccc([C@@]2(C)NC(=O)N(CC(=O)c3ccc4c(c3)[C@@H](C)C(=O)N4)C2=O)cc1. The Morgan fingerprint density at radius 2 is 1.77 bits per heavy atom. The number of fused-ring (bicyclic) bond motifs is 1. The molecular formula is C24H25N3O4. The molecule has 0 aliphatic carbocycles. The van der Waals surface area contributed by atoms with Crippen LogP contribution in [0.3, 0.4) is 0 Å². The predicted molar refractivity (Wildman–Crippen MR) is 116 cm³/mol. The molecule has 2 atom stereocenters. The summed E-state index contributed by atoms with van der Waals surface area (Å²) in [4.78, 5) is 51.4. The van der Waals surface area contributed by atoms with E-state index in [0.717, 1.165) is 16.0 Å². The number of amides is 4. The largest absolute Gasteiger partial charge is 0.325 e. The summed E-state index contributed by atoms with van der Waals surface area (Å²) in [5, 5.41) is 5.50. The highest BCUT2D eigenvalue weighted by atomic mass is 16.2. The fraction of sp³-hybridized carbons (Fsp3) is 0.333. The van der Waals surface area contributed by atoms with Gasteiger partial charge in [0.25, 0.3) is 5.91 Å². The second-order valence-corrected chi connectivity index (χ2v) is 8.66. The lowest BCUT2D eigenvalue weighted by atomic mass is 9.90. The normalized spacial score (nSPS) is 22.5. The number of carbonyl (C=O) groups excluding carboxylic acids is 4. The smallest absolute Gasteiger partial charge is 0.325 e. The number of Topliss-reactive ketones (excluding diaryl/α,β-unsaturated/α-hetero) is 1. The van der Waals surface area contributed by atoms with E-state index < -0.39 is 17.5 Å². The van der Waals surface area contributed by atoms with Gasteiger partial charge in [-0.15, -0.1) is 0 Å². The Morgan fingerprint density at radius 1 is 1.10 bits per heavy atom. The number of ketones is 1. The van der Waals surface area contributed by atoms with Gasteiger partial charge in [-0.25, -0.2) is 4.79 Å². The van der Waals surface area contributed by atoms with Gasteiger partial charge in [-0.2, -0.15) is 0 Å². The number of hydrogen-bond acceptors (Lipinski definition) is 4.